The lowest BCUT2D eigenvalue weighted by Crippen LogP contribution is -2.40. The Balaban J connectivity index is 1.58. The summed E-state index contributed by atoms with van der Waals surface area (Å²) in [6.45, 7) is 6.45. The Morgan fingerprint density at radius 1 is 1.40 bits per heavy atom. The monoisotopic (exact) mass is 364 g/mol. The van der Waals surface area contributed by atoms with E-state index < -0.39 is 11.5 Å². The molecule has 2 amide bonds. The summed E-state index contributed by atoms with van der Waals surface area (Å²) in [6, 6.07) is -0.177. The van der Waals surface area contributed by atoms with E-state index in [-0.39, 0.29) is 29.7 Å². The van der Waals surface area contributed by atoms with Crippen molar-refractivity contribution in [1.82, 2.24) is 20.4 Å². The molecule has 2 aromatic rings. The molecule has 0 radical (unpaired) electrons. The van der Waals surface area contributed by atoms with Crippen molar-refractivity contribution in [3.8, 4) is 0 Å². The molecule has 3 heterocycles. The number of aryl methyl sites for hydroxylation is 3. The standard InChI is InChI=1S/C16H20N4O4S/c1-8-14(16(23)19-24-8)15(22)18-11-4-5-20(7-11)13(21)6-12-9(2)25-10(3)17-12/h11H,4-7H2,1-3H3,(H,18,22)(H,19,23). The van der Waals surface area contributed by atoms with E-state index in [2.05, 4.69) is 15.5 Å². The van der Waals surface area contributed by atoms with Crippen LogP contribution >= 0.6 is 11.3 Å². The zero-order chi connectivity index (χ0) is 18.1. The normalized spacial score (nSPS) is 17.1. The number of aromatic amines is 1. The molecule has 1 aliphatic rings. The Kier molecular flexibility index (Phi) is 4.76. The molecule has 8 nitrogen and oxygen atoms in total. The van der Waals surface area contributed by atoms with Gasteiger partial charge in [-0.1, -0.05) is 0 Å². The highest BCUT2D eigenvalue weighted by atomic mass is 32.1. The van der Waals surface area contributed by atoms with Crippen molar-refractivity contribution in [3.63, 3.8) is 0 Å². The number of aromatic nitrogens is 2. The van der Waals surface area contributed by atoms with Crippen molar-refractivity contribution in [2.24, 2.45) is 0 Å². The maximum Gasteiger partial charge on any atom is 0.293 e. The molecule has 1 fully saturated rings. The summed E-state index contributed by atoms with van der Waals surface area (Å²) in [7, 11) is 0. The van der Waals surface area contributed by atoms with Gasteiger partial charge in [0.25, 0.3) is 11.5 Å². The fourth-order valence-electron chi connectivity index (χ4n) is 3.00. The van der Waals surface area contributed by atoms with Gasteiger partial charge in [0.15, 0.2) is 0 Å². The van der Waals surface area contributed by atoms with Crippen LogP contribution < -0.4 is 10.9 Å². The Morgan fingerprint density at radius 2 is 2.16 bits per heavy atom. The van der Waals surface area contributed by atoms with Crippen LogP contribution in [0, 0.1) is 20.8 Å². The molecule has 1 saturated heterocycles. The predicted molar refractivity (Wildman–Crippen MR) is 91.8 cm³/mol. The predicted octanol–water partition coefficient (Wildman–Crippen LogP) is 0.923. The number of nitrogens with one attached hydrogen (secondary N) is 2. The summed E-state index contributed by atoms with van der Waals surface area (Å²) in [5, 5.41) is 5.89. The summed E-state index contributed by atoms with van der Waals surface area (Å²) < 4.78 is 4.85. The molecular formula is C16H20N4O4S. The smallest absolute Gasteiger partial charge is 0.293 e. The maximum absolute atomic E-state index is 12.5. The van der Waals surface area contributed by atoms with E-state index in [1.807, 2.05) is 13.8 Å². The van der Waals surface area contributed by atoms with Gasteiger partial charge in [0, 0.05) is 24.0 Å². The topological polar surface area (TPSA) is 108 Å². The first kappa shape index (κ1) is 17.4. The summed E-state index contributed by atoms with van der Waals surface area (Å²) in [4.78, 5) is 43.4. The van der Waals surface area contributed by atoms with Crippen LogP contribution in [-0.2, 0) is 11.2 Å². The van der Waals surface area contributed by atoms with E-state index in [1.165, 1.54) is 0 Å². The van der Waals surface area contributed by atoms with Gasteiger partial charge in [-0.2, -0.15) is 5.16 Å². The average Bonchev–Trinajstić information content (AvgIpc) is 3.20. The lowest BCUT2D eigenvalue weighted by atomic mass is 10.2. The summed E-state index contributed by atoms with van der Waals surface area (Å²) >= 11 is 1.58. The van der Waals surface area contributed by atoms with E-state index in [4.69, 9.17) is 4.52 Å². The third-order valence-electron chi connectivity index (χ3n) is 4.30. The van der Waals surface area contributed by atoms with Gasteiger partial charge < -0.3 is 14.7 Å². The summed E-state index contributed by atoms with van der Waals surface area (Å²) in [5.74, 6) is -0.219. The third kappa shape index (κ3) is 3.65. The Labute approximate surface area is 148 Å². The van der Waals surface area contributed by atoms with Crippen molar-refractivity contribution in [2.75, 3.05) is 13.1 Å². The van der Waals surface area contributed by atoms with Gasteiger partial charge in [0.2, 0.25) is 5.91 Å². The molecule has 25 heavy (non-hydrogen) atoms. The molecule has 0 bridgehead atoms. The number of hydrogen-bond acceptors (Lipinski definition) is 6. The number of carbonyl (C=O) groups is 2. The molecule has 2 aromatic heterocycles. The second kappa shape index (κ2) is 6.83. The zero-order valence-corrected chi connectivity index (χ0v) is 15.2. The van der Waals surface area contributed by atoms with E-state index in [9.17, 15) is 14.4 Å². The quantitative estimate of drug-likeness (QED) is 0.839. The summed E-state index contributed by atoms with van der Waals surface area (Å²) in [6.07, 6.45) is 0.929. The number of thiazole rings is 1. The molecular weight excluding hydrogens is 344 g/mol. The van der Waals surface area contributed by atoms with Gasteiger partial charge in [0.05, 0.1) is 17.1 Å². The summed E-state index contributed by atoms with van der Waals surface area (Å²) in [5.41, 5.74) is 0.259. The number of rotatable bonds is 4. The van der Waals surface area contributed by atoms with Crippen molar-refractivity contribution in [2.45, 2.75) is 39.7 Å². The van der Waals surface area contributed by atoms with Crippen LogP contribution in [0.1, 0.15) is 38.1 Å². The minimum atomic E-state index is -0.546. The Bertz CT molecular complexity index is 866. The number of H-pyrrole nitrogens is 1. The minimum Gasteiger partial charge on any atom is -0.383 e. The van der Waals surface area contributed by atoms with Crippen LogP contribution in [0.2, 0.25) is 0 Å². The van der Waals surface area contributed by atoms with Crippen molar-refractivity contribution >= 4 is 23.2 Å². The molecule has 2 N–H and O–H groups in total. The van der Waals surface area contributed by atoms with Gasteiger partial charge in [-0.25, -0.2) is 4.98 Å². The third-order valence-corrected chi connectivity index (χ3v) is 5.23. The fraction of sp³-hybridized carbons (Fsp3) is 0.500. The van der Waals surface area contributed by atoms with E-state index in [0.29, 0.717) is 19.5 Å². The number of nitrogens with zero attached hydrogens (tertiary/aromatic N) is 2. The molecule has 1 atom stereocenters. The second-order valence-corrected chi connectivity index (χ2v) is 7.58. The Hall–Kier alpha value is -2.42. The number of likely N-dealkylation sites (tertiary alicyclic amines) is 1. The first-order chi connectivity index (χ1) is 11.8. The molecule has 1 aliphatic heterocycles. The highest BCUT2D eigenvalue weighted by Gasteiger charge is 2.29. The van der Waals surface area contributed by atoms with Gasteiger partial charge in [0.1, 0.15) is 11.3 Å². The second-order valence-electron chi connectivity index (χ2n) is 6.18. The van der Waals surface area contributed by atoms with Gasteiger partial charge in [-0.15, -0.1) is 11.3 Å². The molecule has 0 saturated carbocycles. The van der Waals surface area contributed by atoms with Crippen LogP contribution in [0.5, 0.6) is 0 Å². The lowest BCUT2D eigenvalue weighted by molar-refractivity contribution is -0.129. The van der Waals surface area contributed by atoms with Crippen molar-refractivity contribution < 1.29 is 14.1 Å². The van der Waals surface area contributed by atoms with Crippen molar-refractivity contribution in [1.29, 1.82) is 0 Å². The van der Waals surface area contributed by atoms with Crippen LogP contribution in [-0.4, -0.2) is 46.0 Å². The molecule has 0 spiro atoms. The molecule has 134 valence electrons. The van der Waals surface area contributed by atoms with Crippen molar-refractivity contribution in [3.05, 3.63) is 37.3 Å². The highest BCUT2D eigenvalue weighted by Crippen LogP contribution is 2.19. The van der Waals surface area contributed by atoms with Crippen LogP contribution in [0.4, 0.5) is 0 Å². The minimum absolute atomic E-state index is 0.00230. The number of hydrogen-bond donors (Lipinski definition) is 2. The lowest BCUT2D eigenvalue weighted by Gasteiger charge is -2.16. The van der Waals surface area contributed by atoms with Gasteiger partial charge >= 0.3 is 0 Å². The SMILES string of the molecule is Cc1nc(CC(=O)N2CCC(NC(=O)c3c(C)o[nH]c3=O)C2)c(C)s1. The molecule has 1 unspecified atom stereocenters. The first-order valence-electron chi connectivity index (χ1n) is 8.04. The van der Waals surface area contributed by atoms with Crippen LogP contribution in [0.3, 0.4) is 0 Å². The van der Waals surface area contributed by atoms with E-state index in [1.54, 1.807) is 23.2 Å². The molecule has 3 rings (SSSR count). The maximum atomic E-state index is 12.5. The molecule has 0 aliphatic carbocycles. The van der Waals surface area contributed by atoms with Gasteiger partial charge in [-0.3, -0.25) is 14.4 Å². The highest BCUT2D eigenvalue weighted by molar-refractivity contribution is 7.11. The molecule has 0 aromatic carbocycles. The van der Waals surface area contributed by atoms with E-state index >= 15 is 0 Å². The average molecular weight is 364 g/mol. The van der Waals surface area contributed by atoms with Crippen LogP contribution in [0.15, 0.2) is 9.32 Å². The first-order valence-corrected chi connectivity index (χ1v) is 8.86. The fourth-order valence-corrected chi connectivity index (χ4v) is 3.84. The molecule has 9 heteroatoms. The Morgan fingerprint density at radius 3 is 2.76 bits per heavy atom. The largest absolute Gasteiger partial charge is 0.383 e. The van der Waals surface area contributed by atoms with E-state index in [0.717, 1.165) is 15.6 Å². The van der Waals surface area contributed by atoms with Gasteiger partial charge in [-0.05, 0) is 27.2 Å². The van der Waals surface area contributed by atoms with Crippen LogP contribution in [0.25, 0.3) is 0 Å². The number of carbonyl (C=O) groups excluding carboxylic acids is 2. The number of amides is 2. The zero-order valence-electron chi connectivity index (χ0n) is 14.3.